The standard InChI is InChI=1S/C14H21N3O2/c1-10(8-15)17-9-12(16(2)14(17)18)11-6-4-5-7-13(11)19-3/h4-7,10,12H,8-9,15H2,1-3H3. The normalized spacial score (nSPS) is 20.8. The highest BCUT2D eigenvalue weighted by molar-refractivity contribution is 5.77. The Morgan fingerprint density at radius 1 is 1.47 bits per heavy atom. The van der Waals surface area contributed by atoms with E-state index in [1.807, 2.05) is 43.1 Å². The molecule has 1 aromatic rings. The number of hydrogen-bond donors (Lipinski definition) is 1. The molecule has 0 aromatic heterocycles. The van der Waals surface area contributed by atoms with Crippen LogP contribution in [0.25, 0.3) is 0 Å². The van der Waals surface area contributed by atoms with Crippen LogP contribution < -0.4 is 10.5 Å². The van der Waals surface area contributed by atoms with E-state index in [1.54, 1.807) is 12.0 Å². The molecule has 1 aromatic carbocycles. The van der Waals surface area contributed by atoms with Crippen LogP contribution in [0.5, 0.6) is 5.75 Å². The van der Waals surface area contributed by atoms with Crippen LogP contribution in [0.1, 0.15) is 18.5 Å². The molecule has 5 heteroatoms. The zero-order valence-electron chi connectivity index (χ0n) is 11.7. The first-order chi connectivity index (χ1) is 9.10. The number of amides is 2. The van der Waals surface area contributed by atoms with Crippen molar-refractivity contribution in [1.82, 2.24) is 9.80 Å². The van der Waals surface area contributed by atoms with E-state index in [4.69, 9.17) is 10.5 Å². The smallest absolute Gasteiger partial charge is 0.320 e. The summed E-state index contributed by atoms with van der Waals surface area (Å²) in [4.78, 5) is 15.8. The van der Waals surface area contributed by atoms with Crippen molar-refractivity contribution >= 4 is 6.03 Å². The number of hydrogen-bond acceptors (Lipinski definition) is 3. The van der Waals surface area contributed by atoms with E-state index < -0.39 is 0 Å². The van der Waals surface area contributed by atoms with Gasteiger partial charge in [-0.3, -0.25) is 0 Å². The molecule has 2 rings (SSSR count). The third-order valence-corrected chi connectivity index (χ3v) is 3.76. The van der Waals surface area contributed by atoms with Gasteiger partial charge in [0, 0.05) is 31.7 Å². The predicted octanol–water partition coefficient (Wildman–Crippen LogP) is 1.45. The molecule has 2 N–H and O–H groups in total. The summed E-state index contributed by atoms with van der Waals surface area (Å²) in [6.45, 7) is 3.09. The number of methoxy groups -OCH3 is 1. The van der Waals surface area contributed by atoms with Crippen LogP contribution in [0.3, 0.4) is 0 Å². The Hall–Kier alpha value is -1.75. The number of nitrogens with two attached hydrogens (primary N) is 1. The summed E-state index contributed by atoms with van der Waals surface area (Å²) in [6.07, 6.45) is 0. The van der Waals surface area contributed by atoms with Crippen molar-refractivity contribution in [3.8, 4) is 5.75 Å². The predicted molar refractivity (Wildman–Crippen MR) is 74.1 cm³/mol. The average molecular weight is 263 g/mol. The van der Waals surface area contributed by atoms with Crippen molar-refractivity contribution in [1.29, 1.82) is 0 Å². The largest absolute Gasteiger partial charge is 0.496 e. The van der Waals surface area contributed by atoms with Crippen LogP contribution in [-0.4, -0.2) is 49.1 Å². The number of urea groups is 1. The highest BCUT2D eigenvalue weighted by Crippen LogP contribution is 2.34. The van der Waals surface area contributed by atoms with Gasteiger partial charge >= 0.3 is 6.03 Å². The summed E-state index contributed by atoms with van der Waals surface area (Å²) in [5, 5.41) is 0. The van der Waals surface area contributed by atoms with Crippen molar-refractivity contribution in [2.24, 2.45) is 5.73 Å². The first kappa shape index (κ1) is 13.7. The van der Waals surface area contributed by atoms with Gasteiger partial charge in [-0.1, -0.05) is 18.2 Å². The van der Waals surface area contributed by atoms with Gasteiger partial charge in [-0.2, -0.15) is 0 Å². The summed E-state index contributed by atoms with van der Waals surface area (Å²) in [6, 6.07) is 7.90. The number of rotatable bonds is 4. The van der Waals surface area contributed by atoms with Gasteiger partial charge in [0.2, 0.25) is 0 Å². The lowest BCUT2D eigenvalue weighted by molar-refractivity contribution is 0.185. The Morgan fingerprint density at radius 3 is 2.79 bits per heavy atom. The summed E-state index contributed by atoms with van der Waals surface area (Å²) < 4.78 is 5.38. The molecule has 2 amide bonds. The van der Waals surface area contributed by atoms with Crippen LogP contribution in [-0.2, 0) is 0 Å². The van der Waals surface area contributed by atoms with Gasteiger partial charge in [0.05, 0.1) is 13.2 Å². The molecule has 0 bridgehead atoms. The summed E-state index contributed by atoms with van der Waals surface area (Å²) in [5.74, 6) is 0.814. The second-order valence-corrected chi connectivity index (χ2v) is 4.89. The van der Waals surface area contributed by atoms with Gasteiger partial charge in [-0.25, -0.2) is 4.79 Å². The van der Waals surface area contributed by atoms with Gasteiger partial charge in [-0.05, 0) is 13.0 Å². The molecule has 104 valence electrons. The fraction of sp³-hybridized carbons (Fsp3) is 0.500. The highest BCUT2D eigenvalue weighted by Gasteiger charge is 2.38. The molecule has 1 saturated heterocycles. The van der Waals surface area contributed by atoms with Gasteiger partial charge < -0.3 is 20.3 Å². The fourth-order valence-corrected chi connectivity index (χ4v) is 2.47. The Bertz CT molecular complexity index is 464. The third kappa shape index (κ3) is 2.38. The zero-order valence-corrected chi connectivity index (χ0v) is 11.7. The summed E-state index contributed by atoms with van der Waals surface area (Å²) in [5.41, 5.74) is 6.70. The van der Waals surface area contributed by atoms with Crippen molar-refractivity contribution < 1.29 is 9.53 Å². The van der Waals surface area contributed by atoms with E-state index in [1.165, 1.54) is 0 Å². The van der Waals surface area contributed by atoms with Crippen LogP contribution in [0, 0.1) is 0 Å². The Kier molecular flexibility index (Phi) is 3.95. The van der Waals surface area contributed by atoms with Crippen LogP contribution in [0.4, 0.5) is 4.79 Å². The molecule has 2 unspecified atom stereocenters. The maximum absolute atomic E-state index is 12.2. The molecule has 0 spiro atoms. The molecule has 0 saturated carbocycles. The molecular formula is C14H21N3O2. The third-order valence-electron chi connectivity index (χ3n) is 3.76. The topological polar surface area (TPSA) is 58.8 Å². The first-order valence-electron chi connectivity index (χ1n) is 6.46. The van der Waals surface area contributed by atoms with Crippen molar-refractivity contribution in [2.75, 3.05) is 27.2 Å². The Balaban J connectivity index is 2.29. The van der Waals surface area contributed by atoms with Crippen LogP contribution in [0.2, 0.25) is 0 Å². The van der Waals surface area contributed by atoms with Crippen LogP contribution >= 0.6 is 0 Å². The monoisotopic (exact) mass is 263 g/mol. The van der Waals surface area contributed by atoms with Crippen LogP contribution in [0.15, 0.2) is 24.3 Å². The number of nitrogens with zero attached hydrogens (tertiary/aromatic N) is 2. The lowest BCUT2D eigenvalue weighted by atomic mass is 10.1. The van der Waals surface area contributed by atoms with Gasteiger partial charge in [0.25, 0.3) is 0 Å². The zero-order chi connectivity index (χ0) is 14.0. The Morgan fingerprint density at radius 2 is 2.16 bits per heavy atom. The molecule has 5 nitrogen and oxygen atoms in total. The number of likely N-dealkylation sites (N-methyl/N-ethyl adjacent to an activating group) is 1. The summed E-state index contributed by atoms with van der Waals surface area (Å²) >= 11 is 0. The van der Waals surface area contributed by atoms with E-state index >= 15 is 0 Å². The molecule has 1 fully saturated rings. The van der Waals surface area contributed by atoms with E-state index in [-0.39, 0.29) is 18.1 Å². The second-order valence-electron chi connectivity index (χ2n) is 4.89. The van der Waals surface area contributed by atoms with E-state index in [0.29, 0.717) is 13.1 Å². The van der Waals surface area contributed by atoms with Crippen molar-refractivity contribution in [2.45, 2.75) is 19.0 Å². The van der Waals surface area contributed by atoms with Gasteiger partial charge in [-0.15, -0.1) is 0 Å². The van der Waals surface area contributed by atoms with Gasteiger partial charge in [0.1, 0.15) is 5.75 Å². The molecular weight excluding hydrogens is 242 g/mol. The molecule has 1 aliphatic rings. The number of ether oxygens (including phenoxy) is 1. The van der Waals surface area contributed by atoms with E-state index in [0.717, 1.165) is 11.3 Å². The van der Waals surface area contributed by atoms with E-state index in [2.05, 4.69) is 0 Å². The maximum Gasteiger partial charge on any atom is 0.320 e. The quantitative estimate of drug-likeness (QED) is 0.894. The molecule has 0 aliphatic carbocycles. The molecule has 1 heterocycles. The average Bonchev–Trinajstić information content (AvgIpc) is 2.74. The SMILES string of the molecule is COc1ccccc1C1CN(C(C)CN)C(=O)N1C. The Labute approximate surface area is 113 Å². The minimum atomic E-state index is 0.0117. The number of para-hydroxylation sites is 1. The molecule has 2 atom stereocenters. The second kappa shape index (κ2) is 5.48. The van der Waals surface area contributed by atoms with E-state index in [9.17, 15) is 4.79 Å². The molecule has 1 aliphatic heterocycles. The molecule has 0 radical (unpaired) electrons. The highest BCUT2D eigenvalue weighted by atomic mass is 16.5. The first-order valence-corrected chi connectivity index (χ1v) is 6.46. The van der Waals surface area contributed by atoms with Crippen molar-refractivity contribution in [3.05, 3.63) is 29.8 Å². The number of carbonyl (C=O) groups excluding carboxylic acids is 1. The number of benzene rings is 1. The van der Waals surface area contributed by atoms with Crippen molar-refractivity contribution in [3.63, 3.8) is 0 Å². The fourth-order valence-electron chi connectivity index (χ4n) is 2.47. The lowest BCUT2D eigenvalue weighted by Gasteiger charge is -2.21. The molecule has 19 heavy (non-hydrogen) atoms. The minimum absolute atomic E-state index is 0.0117. The lowest BCUT2D eigenvalue weighted by Crippen LogP contribution is -2.40. The minimum Gasteiger partial charge on any atom is -0.496 e. The summed E-state index contributed by atoms with van der Waals surface area (Å²) in [7, 11) is 3.47. The number of carbonyl (C=O) groups is 1. The van der Waals surface area contributed by atoms with Gasteiger partial charge in [0.15, 0.2) is 0 Å². The maximum atomic E-state index is 12.2.